The van der Waals surface area contributed by atoms with Gasteiger partial charge in [0.05, 0.1) is 6.10 Å². The SMILES string of the molecule is CC(C)c1nsc(N2CC3CCC(O)C3C2)n1. The van der Waals surface area contributed by atoms with Crippen LogP contribution in [0.4, 0.5) is 5.13 Å². The van der Waals surface area contributed by atoms with Crippen LogP contribution in [0.1, 0.15) is 38.4 Å². The number of aliphatic hydroxyl groups is 1. The molecule has 0 aromatic carbocycles. The minimum Gasteiger partial charge on any atom is -0.393 e. The second-order valence-electron chi connectivity index (χ2n) is 5.56. The third-order valence-corrected chi connectivity index (χ3v) is 4.83. The highest BCUT2D eigenvalue weighted by Crippen LogP contribution is 2.40. The summed E-state index contributed by atoms with van der Waals surface area (Å²) in [6.07, 6.45) is 2.05. The molecule has 1 aromatic rings. The number of rotatable bonds is 2. The van der Waals surface area contributed by atoms with Gasteiger partial charge in [-0.2, -0.15) is 4.37 Å². The molecule has 0 amide bonds. The van der Waals surface area contributed by atoms with Gasteiger partial charge in [0.15, 0.2) is 0 Å². The molecule has 5 heteroatoms. The van der Waals surface area contributed by atoms with Gasteiger partial charge in [0.1, 0.15) is 5.82 Å². The van der Waals surface area contributed by atoms with Crippen molar-refractivity contribution in [3.8, 4) is 0 Å². The van der Waals surface area contributed by atoms with Crippen LogP contribution in [0.25, 0.3) is 0 Å². The van der Waals surface area contributed by atoms with E-state index >= 15 is 0 Å². The molecule has 0 bridgehead atoms. The quantitative estimate of drug-likeness (QED) is 0.874. The first-order chi connectivity index (χ1) is 8.15. The number of nitrogens with zero attached hydrogens (tertiary/aromatic N) is 3. The van der Waals surface area contributed by atoms with Gasteiger partial charge < -0.3 is 10.0 Å². The zero-order valence-corrected chi connectivity index (χ0v) is 11.2. The first-order valence-electron chi connectivity index (χ1n) is 6.41. The minimum absolute atomic E-state index is 0.0949. The van der Waals surface area contributed by atoms with Crippen LogP contribution in [0, 0.1) is 11.8 Å². The Hall–Kier alpha value is -0.680. The summed E-state index contributed by atoms with van der Waals surface area (Å²) in [5.74, 6) is 2.47. The second kappa shape index (κ2) is 4.21. The Kier molecular flexibility index (Phi) is 2.83. The van der Waals surface area contributed by atoms with E-state index in [4.69, 9.17) is 0 Å². The second-order valence-corrected chi connectivity index (χ2v) is 6.29. The summed E-state index contributed by atoms with van der Waals surface area (Å²) in [6, 6.07) is 0. The Balaban J connectivity index is 1.74. The molecular formula is C12H19N3OS. The summed E-state index contributed by atoms with van der Waals surface area (Å²) in [5.41, 5.74) is 0. The third-order valence-electron chi connectivity index (χ3n) is 4.04. The topological polar surface area (TPSA) is 49.2 Å². The molecule has 17 heavy (non-hydrogen) atoms. The lowest BCUT2D eigenvalue weighted by Gasteiger charge is -2.16. The van der Waals surface area contributed by atoms with Gasteiger partial charge in [-0.05, 0) is 18.8 Å². The summed E-state index contributed by atoms with van der Waals surface area (Å²) < 4.78 is 4.40. The predicted octanol–water partition coefficient (Wildman–Crippen LogP) is 1.87. The lowest BCUT2D eigenvalue weighted by Crippen LogP contribution is -2.24. The molecule has 1 saturated carbocycles. The van der Waals surface area contributed by atoms with Gasteiger partial charge in [0.25, 0.3) is 0 Å². The molecule has 3 unspecified atom stereocenters. The molecule has 94 valence electrons. The van der Waals surface area contributed by atoms with Crippen molar-refractivity contribution in [2.45, 2.75) is 38.7 Å². The van der Waals surface area contributed by atoms with Crippen LogP contribution in [-0.4, -0.2) is 33.7 Å². The van der Waals surface area contributed by atoms with Crippen LogP contribution < -0.4 is 4.90 Å². The van der Waals surface area contributed by atoms with Crippen LogP contribution in [0.2, 0.25) is 0 Å². The standard InChI is InChI=1S/C12H19N3OS/c1-7(2)11-13-12(17-14-11)15-5-8-3-4-10(16)9(8)6-15/h7-10,16H,3-6H2,1-2H3. The van der Waals surface area contributed by atoms with Crippen molar-refractivity contribution in [1.82, 2.24) is 9.36 Å². The van der Waals surface area contributed by atoms with E-state index in [-0.39, 0.29) is 6.10 Å². The molecule has 2 heterocycles. The maximum Gasteiger partial charge on any atom is 0.205 e. The van der Waals surface area contributed by atoms with E-state index in [9.17, 15) is 5.11 Å². The zero-order chi connectivity index (χ0) is 12.0. The molecule has 0 radical (unpaired) electrons. The monoisotopic (exact) mass is 253 g/mol. The summed E-state index contributed by atoms with van der Waals surface area (Å²) in [5, 5.41) is 10.9. The van der Waals surface area contributed by atoms with Crippen molar-refractivity contribution >= 4 is 16.7 Å². The Morgan fingerprint density at radius 1 is 1.35 bits per heavy atom. The minimum atomic E-state index is -0.0949. The number of aromatic nitrogens is 2. The number of aliphatic hydroxyl groups excluding tert-OH is 1. The largest absolute Gasteiger partial charge is 0.393 e. The van der Waals surface area contributed by atoms with Gasteiger partial charge in [-0.15, -0.1) is 0 Å². The van der Waals surface area contributed by atoms with Crippen molar-refractivity contribution in [2.24, 2.45) is 11.8 Å². The molecule has 1 N–H and O–H groups in total. The molecule has 3 rings (SSSR count). The van der Waals surface area contributed by atoms with E-state index in [2.05, 4.69) is 28.1 Å². The fraction of sp³-hybridized carbons (Fsp3) is 0.833. The van der Waals surface area contributed by atoms with Crippen molar-refractivity contribution in [1.29, 1.82) is 0 Å². The van der Waals surface area contributed by atoms with Gasteiger partial charge in [0.2, 0.25) is 5.13 Å². The van der Waals surface area contributed by atoms with Gasteiger partial charge in [0, 0.05) is 36.5 Å². The van der Waals surface area contributed by atoms with Crippen LogP contribution in [-0.2, 0) is 0 Å². The van der Waals surface area contributed by atoms with Gasteiger partial charge >= 0.3 is 0 Å². The van der Waals surface area contributed by atoms with Crippen LogP contribution in [0.5, 0.6) is 0 Å². The highest BCUT2D eigenvalue weighted by atomic mass is 32.1. The molecule has 2 fully saturated rings. The number of fused-ring (bicyclic) bond motifs is 1. The molecule has 1 aliphatic heterocycles. The fourth-order valence-electron chi connectivity index (χ4n) is 2.98. The maximum atomic E-state index is 9.90. The first kappa shape index (κ1) is 11.4. The molecule has 3 atom stereocenters. The van der Waals surface area contributed by atoms with E-state index in [0.29, 0.717) is 17.8 Å². The molecular weight excluding hydrogens is 234 g/mol. The molecule has 1 aliphatic carbocycles. The molecule has 0 spiro atoms. The van der Waals surface area contributed by atoms with Crippen LogP contribution >= 0.6 is 11.5 Å². The van der Waals surface area contributed by atoms with E-state index in [1.807, 2.05) is 0 Å². The van der Waals surface area contributed by atoms with E-state index in [1.165, 1.54) is 11.5 Å². The average Bonchev–Trinajstić information content (AvgIpc) is 2.95. The highest BCUT2D eigenvalue weighted by molar-refractivity contribution is 7.09. The van der Waals surface area contributed by atoms with Crippen molar-refractivity contribution < 1.29 is 5.11 Å². The Morgan fingerprint density at radius 2 is 2.18 bits per heavy atom. The summed E-state index contributed by atoms with van der Waals surface area (Å²) in [7, 11) is 0. The Bertz CT molecular complexity index is 406. The third kappa shape index (κ3) is 1.95. The maximum absolute atomic E-state index is 9.90. The Morgan fingerprint density at radius 3 is 2.82 bits per heavy atom. The molecule has 1 aromatic heterocycles. The number of hydrogen-bond donors (Lipinski definition) is 1. The first-order valence-corrected chi connectivity index (χ1v) is 7.19. The van der Waals surface area contributed by atoms with Crippen LogP contribution in [0.15, 0.2) is 0 Å². The predicted molar refractivity (Wildman–Crippen MR) is 68.4 cm³/mol. The molecule has 2 aliphatic rings. The fourth-order valence-corrected chi connectivity index (χ4v) is 3.81. The molecule has 4 nitrogen and oxygen atoms in total. The average molecular weight is 253 g/mol. The molecule has 1 saturated heterocycles. The van der Waals surface area contributed by atoms with Crippen molar-refractivity contribution in [3.63, 3.8) is 0 Å². The van der Waals surface area contributed by atoms with Gasteiger partial charge in [-0.25, -0.2) is 4.98 Å². The number of hydrogen-bond acceptors (Lipinski definition) is 5. The smallest absolute Gasteiger partial charge is 0.205 e. The van der Waals surface area contributed by atoms with Crippen molar-refractivity contribution in [2.75, 3.05) is 18.0 Å². The Labute approximate surface area is 106 Å². The van der Waals surface area contributed by atoms with E-state index < -0.39 is 0 Å². The summed E-state index contributed by atoms with van der Waals surface area (Å²) in [4.78, 5) is 6.90. The zero-order valence-electron chi connectivity index (χ0n) is 10.3. The normalized spacial score (nSPS) is 32.5. The van der Waals surface area contributed by atoms with E-state index in [0.717, 1.165) is 36.9 Å². The number of anilines is 1. The lowest BCUT2D eigenvalue weighted by atomic mass is 10.00. The van der Waals surface area contributed by atoms with Gasteiger partial charge in [-0.1, -0.05) is 13.8 Å². The summed E-state index contributed by atoms with van der Waals surface area (Å²) in [6.45, 7) is 6.25. The van der Waals surface area contributed by atoms with E-state index in [1.54, 1.807) is 0 Å². The lowest BCUT2D eigenvalue weighted by molar-refractivity contribution is 0.133. The highest BCUT2D eigenvalue weighted by Gasteiger charge is 2.42. The van der Waals surface area contributed by atoms with Crippen molar-refractivity contribution in [3.05, 3.63) is 5.82 Å². The summed E-state index contributed by atoms with van der Waals surface area (Å²) >= 11 is 1.50. The van der Waals surface area contributed by atoms with Crippen LogP contribution in [0.3, 0.4) is 0 Å². The van der Waals surface area contributed by atoms with Gasteiger partial charge in [-0.3, -0.25) is 0 Å².